The maximum Gasteiger partial charge on any atom is 0.303 e. The van der Waals surface area contributed by atoms with Gasteiger partial charge < -0.3 is 10.4 Å². The van der Waals surface area contributed by atoms with Crippen LogP contribution in [-0.2, 0) is 4.79 Å². The summed E-state index contributed by atoms with van der Waals surface area (Å²) in [6.45, 7) is 1.01. The normalized spacial score (nSPS) is 32.3. The predicted molar refractivity (Wildman–Crippen MR) is 58.7 cm³/mol. The highest BCUT2D eigenvalue weighted by molar-refractivity contribution is 5.67. The van der Waals surface area contributed by atoms with Crippen molar-refractivity contribution in [3.8, 4) is 0 Å². The second-order valence-electron chi connectivity index (χ2n) is 5.09. The highest BCUT2D eigenvalue weighted by Gasteiger charge is 2.31. The Balaban J connectivity index is 1.81. The van der Waals surface area contributed by atoms with Gasteiger partial charge in [0.25, 0.3) is 0 Å². The van der Waals surface area contributed by atoms with E-state index in [0.717, 1.165) is 18.9 Å². The van der Waals surface area contributed by atoms with E-state index in [9.17, 15) is 4.79 Å². The molecule has 3 heteroatoms. The first-order chi connectivity index (χ1) is 7.25. The highest BCUT2D eigenvalue weighted by atomic mass is 16.4. The Morgan fingerprint density at radius 1 is 1.27 bits per heavy atom. The van der Waals surface area contributed by atoms with Crippen molar-refractivity contribution in [3.63, 3.8) is 0 Å². The van der Waals surface area contributed by atoms with Crippen LogP contribution < -0.4 is 5.32 Å². The van der Waals surface area contributed by atoms with Crippen molar-refractivity contribution in [2.45, 2.75) is 51.0 Å². The van der Waals surface area contributed by atoms with Crippen molar-refractivity contribution in [3.05, 3.63) is 0 Å². The molecule has 86 valence electrons. The number of hydrogen-bond acceptors (Lipinski definition) is 2. The van der Waals surface area contributed by atoms with Crippen LogP contribution in [0.15, 0.2) is 0 Å². The predicted octanol–water partition coefficient (Wildman–Crippen LogP) is 2.02. The van der Waals surface area contributed by atoms with E-state index in [-0.39, 0.29) is 0 Å². The zero-order valence-corrected chi connectivity index (χ0v) is 9.24. The van der Waals surface area contributed by atoms with Gasteiger partial charge in [0, 0.05) is 12.5 Å². The molecule has 2 unspecified atom stereocenters. The number of hydrogen-bond donors (Lipinski definition) is 2. The molecule has 0 radical (unpaired) electrons. The van der Waals surface area contributed by atoms with Crippen LogP contribution in [0, 0.1) is 11.8 Å². The van der Waals surface area contributed by atoms with Gasteiger partial charge in [-0.1, -0.05) is 25.7 Å². The molecular formula is C12H21NO2. The molecule has 1 saturated heterocycles. The Hall–Kier alpha value is -0.570. The third-order valence-corrected chi connectivity index (χ3v) is 3.99. The van der Waals surface area contributed by atoms with E-state index in [4.69, 9.17) is 5.11 Å². The van der Waals surface area contributed by atoms with Crippen molar-refractivity contribution in [1.29, 1.82) is 0 Å². The molecule has 0 bridgehead atoms. The van der Waals surface area contributed by atoms with E-state index >= 15 is 0 Å². The van der Waals surface area contributed by atoms with Gasteiger partial charge in [-0.2, -0.15) is 0 Å². The molecule has 3 nitrogen and oxygen atoms in total. The van der Waals surface area contributed by atoms with E-state index in [1.807, 2.05) is 0 Å². The first-order valence-corrected chi connectivity index (χ1v) is 6.21. The van der Waals surface area contributed by atoms with Crippen LogP contribution in [0.25, 0.3) is 0 Å². The van der Waals surface area contributed by atoms with Crippen molar-refractivity contribution in [2.75, 3.05) is 6.54 Å². The smallest absolute Gasteiger partial charge is 0.303 e. The lowest BCUT2D eigenvalue weighted by molar-refractivity contribution is -0.138. The minimum atomic E-state index is -0.639. The Morgan fingerprint density at radius 2 is 2.00 bits per heavy atom. The largest absolute Gasteiger partial charge is 0.481 e. The zero-order valence-electron chi connectivity index (χ0n) is 9.24. The molecule has 1 aliphatic carbocycles. The molecule has 1 saturated carbocycles. The molecule has 2 rings (SSSR count). The number of carboxylic acid groups (broad SMARTS) is 1. The lowest BCUT2D eigenvalue weighted by Gasteiger charge is -2.21. The minimum Gasteiger partial charge on any atom is -0.481 e. The highest BCUT2D eigenvalue weighted by Crippen LogP contribution is 2.32. The summed E-state index contributed by atoms with van der Waals surface area (Å²) in [7, 11) is 0. The molecule has 0 aromatic carbocycles. The van der Waals surface area contributed by atoms with Gasteiger partial charge in [-0.05, 0) is 31.2 Å². The molecule has 2 N–H and O–H groups in total. The third kappa shape index (κ3) is 2.94. The van der Waals surface area contributed by atoms with Crippen molar-refractivity contribution in [2.24, 2.45) is 11.8 Å². The monoisotopic (exact) mass is 211 g/mol. The standard InChI is InChI=1S/C12H21NO2/c14-12(15)8-10-5-6-13-11(10)7-9-3-1-2-4-9/h9-11,13H,1-8H2,(H,14,15). The molecule has 15 heavy (non-hydrogen) atoms. The second-order valence-corrected chi connectivity index (χ2v) is 5.09. The van der Waals surface area contributed by atoms with Crippen LogP contribution in [0.2, 0.25) is 0 Å². The summed E-state index contributed by atoms with van der Waals surface area (Å²) in [6.07, 6.45) is 8.07. The van der Waals surface area contributed by atoms with Gasteiger partial charge in [0.1, 0.15) is 0 Å². The molecule has 1 aliphatic heterocycles. The van der Waals surface area contributed by atoms with E-state index in [1.165, 1.54) is 32.1 Å². The van der Waals surface area contributed by atoms with Crippen LogP contribution in [0.5, 0.6) is 0 Å². The molecule has 0 amide bonds. The Kier molecular flexibility index (Phi) is 3.62. The van der Waals surface area contributed by atoms with E-state index in [2.05, 4.69) is 5.32 Å². The lowest BCUT2D eigenvalue weighted by atomic mass is 9.89. The molecule has 0 aromatic heterocycles. The number of carbonyl (C=O) groups is 1. The van der Waals surface area contributed by atoms with Crippen LogP contribution in [0.3, 0.4) is 0 Å². The van der Waals surface area contributed by atoms with Gasteiger partial charge in [-0.25, -0.2) is 0 Å². The summed E-state index contributed by atoms with van der Waals surface area (Å²) in [5.74, 6) is 0.597. The fraction of sp³-hybridized carbons (Fsp3) is 0.917. The van der Waals surface area contributed by atoms with Gasteiger partial charge >= 0.3 is 5.97 Å². The Labute approximate surface area is 91.2 Å². The fourth-order valence-electron chi connectivity index (χ4n) is 3.17. The maximum absolute atomic E-state index is 10.7. The fourth-order valence-corrected chi connectivity index (χ4v) is 3.17. The van der Waals surface area contributed by atoms with Gasteiger partial charge in [0.05, 0.1) is 0 Å². The maximum atomic E-state index is 10.7. The average molecular weight is 211 g/mol. The van der Waals surface area contributed by atoms with Crippen LogP contribution in [0.4, 0.5) is 0 Å². The number of rotatable bonds is 4. The molecular weight excluding hydrogens is 190 g/mol. The van der Waals surface area contributed by atoms with E-state index < -0.39 is 5.97 Å². The number of nitrogens with one attached hydrogen (secondary N) is 1. The van der Waals surface area contributed by atoms with Crippen LogP contribution in [-0.4, -0.2) is 23.7 Å². The first kappa shape index (κ1) is 10.9. The zero-order chi connectivity index (χ0) is 10.7. The second kappa shape index (κ2) is 4.97. The molecule has 0 spiro atoms. The van der Waals surface area contributed by atoms with Gasteiger partial charge in [0.2, 0.25) is 0 Å². The summed E-state index contributed by atoms with van der Waals surface area (Å²) >= 11 is 0. The summed E-state index contributed by atoms with van der Waals surface area (Å²) in [6, 6.07) is 0.476. The van der Waals surface area contributed by atoms with Gasteiger partial charge in [0.15, 0.2) is 0 Å². The molecule has 2 aliphatic rings. The minimum absolute atomic E-state index is 0.352. The summed E-state index contributed by atoms with van der Waals surface area (Å²) in [4.78, 5) is 10.7. The number of carboxylic acids is 1. The Morgan fingerprint density at radius 3 is 2.67 bits per heavy atom. The van der Waals surface area contributed by atoms with Crippen molar-refractivity contribution < 1.29 is 9.90 Å². The quantitative estimate of drug-likeness (QED) is 0.748. The number of aliphatic carboxylic acids is 1. The summed E-state index contributed by atoms with van der Waals surface area (Å²) < 4.78 is 0. The molecule has 2 atom stereocenters. The summed E-state index contributed by atoms with van der Waals surface area (Å²) in [5.41, 5.74) is 0. The van der Waals surface area contributed by atoms with E-state index in [0.29, 0.717) is 18.4 Å². The van der Waals surface area contributed by atoms with Crippen LogP contribution >= 0.6 is 0 Å². The van der Waals surface area contributed by atoms with Gasteiger partial charge in [-0.3, -0.25) is 4.79 Å². The van der Waals surface area contributed by atoms with Crippen molar-refractivity contribution in [1.82, 2.24) is 5.32 Å². The van der Waals surface area contributed by atoms with Gasteiger partial charge in [-0.15, -0.1) is 0 Å². The first-order valence-electron chi connectivity index (χ1n) is 6.21. The van der Waals surface area contributed by atoms with E-state index in [1.54, 1.807) is 0 Å². The SMILES string of the molecule is O=C(O)CC1CCNC1CC1CCCC1. The topological polar surface area (TPSA) is 49.3 Å². The third-order valence-electron chi connectivity index (χ3n) is 3.99. The van der Waals surface area contributed by atoms with Crippen LogP contribution in [0.1, 0.15) is 44.9 Å². The molecule has 0 aromatic rings. The van der Waals surface area contributed by atoms with Crippen molar-refractivity contribution >= 4 is 5.97 Å². The lowest BCUT2D eigenvalue weighted by Crippen LogP contribution is -2.30. The molecule has 2 fully saturated rings. The Bertz CT molecular complexity index is 224. The molecule has 1 heterocycles. The average Bonchev–Trinajstić information content (AvgIpc) is 2.78. The summed E-state index contributed by atoms with van der Waals surface area (Å²) in [5, 5.41) is 12.3.